The summed E-state index contributed by atoms with van der Waals surface area (Å²) in [5, 5.41) is 3.22. The minimum absolute atomic E-state index is 0.224. The molecule has 178 valence electrons. The van der Waals surface area contributed by atoms with Crippen LogP contribution in [-0.2, 0) is 14.3 Å². The Kier molecular flexibility index (Phi) is 7.07. The third-order valence-corrected chi connectivity index (χ3v) is 6.65. The maximum Gasteiger partial charge on any atom is 0.338 e. The molecular weight excluding hydrogens is 460 g/mol. The summed E-state index contributed by atoms with van der Waals surface area (Å²) >= 11 is 1.25. The second-order valence-electron chi connectivity index (χ2n) is 8.28. The standard InChI is InChI=1S/C28H26N2O4S/c1-5-34-28(33)20-9-11-21(12-10-20)30-26(31)24(29-23-15-8-18(3)16-19(23)4)25(27(30)32)35-22-13-6-17(2)7-14-22/h6-16,29H,5H2,1-4H3. The summed E-state index contributed by atoms with van der Waals surface area (Å²) in [5.41, 5.74) is 4.89. The molecule has 3 aromatic rings. The van der Waals surface area contributed by atoms with Crippen LogP contribution in [0.4, 0.5) is 11.4 Å². The van der Waals surface area contributed by atoms with Crippen LogP contribution < -0.4 is 10.2 Å². The predicted molar refractivity (Wildman–Crippen MR) is 138 cm³/mol. The third kappa shape index (κ3) is 5.15. The third-order valence-electron chi connectivity index (χ3n) is 5.56. The first-order valence-corrected chi connectivity index (χ1v) is 12.1. The topological polar surface area (TPSA) is 75.7 Å². The number of hydrogen-bond acceptors (Lipinski definition) is 6. The summed E-state index contributed by atoms with van der Waals surface area (Å²) in [4.78, 5) is 41.4. The number of hydrogen-bond donors (Lipinski definition) is 1. The summed E-state index contributed by atoms with van der Waals surface area (Å²) in [7, 11) is 0. The average molecular weight is 487 g/mol. The van der Waals surface area contributed by atoms with Crippen LogP contribution in [0.15, 0.2) is 82.2 Å². The van der Waals surface area contributed by atoms with Gasteiger partial charge in [-0.15, -0.1) is 0 Å². The molecule has 0 aromatic heterocycles. The Labute approximate surface area is 209 Å². The summed E-state index contributed by atoms with van der Waals surface area (Å²) in [5.74, 6) is -1.32. The van der Waals surface area contributed by atoms with Gasteiger partial charge < -0.3 is 10.1 Å². The number of esters is 1. The lowest BCUT2D eigenvalue weighted by Crippen LogP contribution is -2.32. The molecule has 0 atom stereocenters. The lowest BCUT2D eigenvalue weighted by molar-refractivity contribution is -0.120. The highest BCUT2D eigenvalue weighted by molar-refractivity contribution is 8.04. The van der Waals surface area contributed by atoms with E-state index in [0.29, 0.717) is 16.2 Å². The van der Waals surface area contributed by atoms with Gasteiger partial charge >= 0.3 is 5.97 Å². The molecule has 0 fully saturated rings. The van der Waals surface area contributed by atoms with Crippen molar-refractivity contribution in [2.45, 2.75) is 32.6 Å². The van der Waals surface area contributed by atoms with Crippen LogP contribution in [0.2, 0.25) is 0 Å². The Balaban J connectivity index is 1.70. The highest BCUT2D eigenvalue weighted by atomic mass is 32.2. The van der Waals surface area contributed by atoms with E-state index in [2.05, 4.69) is 5.32 Å². The molecule has 0 radical (unpaired) electrons. The van der Waals surface area contributed by atoms with Crippen LogP contribution in [0.3, 0.4) is 0 Å². The fourth-order valence-corrected chi connectivity index (χ4v) is 4.65. The number of benzene rings is 3. The van der Waals surface area contributed by atoms with Gasteiger partial charge in [-0.25, -0.2) is 9.69 Å². The number of ether oxygens (including phenoxy) is 1. The Morgan fingerprint density at radius 1 is 0.886 bits per heavy atom. The van der Waals surface area contributed by atoms with E-state index >= 15 is 0 Å². The fraction of sp³-hybridized carbons (Fsp3) is 0.179. The summed E-state index contributed by atoms with van der Waals surface area (Å²) in [6.45, 7) is 7.95. The number of amides is 2. The van der Waals surface area contributed by atoms with E-state index in [9.17, 15) is 14.4 Å². The van der Waals surface area contributed by atoms with Crippen molar-refractivity contribution in [3.63, 3.8) is 0 Å². The van der Waals surface area contributed by atoms with E-state index < -0.39 is 17.8 Å². The molecule has 4 rings (SSSR count). The van der Waals surface area contributed by atoms with Crippen LogP contribution in [0, 0.1) is 20.8 Å². The van der Waals surface area contributed by atoms with Gasteiger partial charge in [0.05, 0.1) is 17.9 Å². The molecule has 1 aliphatic rings. The lowest BCUT2D eigenvalue weighted by Gasteiger charge is -2.16. The van der Waals surface area contributed by atoms with E-state index in [1.165, 1.54) is 11.8 Å². The van der Waals surface area contributed by atoms with Crippen LogP contribution >= 0.6 is 11.8 Å². The SMILES string of the molecule is CCOC(=O)c1ccc(N2C(=O)C(Nc3ccc(C)cc3C)=C(Sc3ccc(C)cc3)C2=O)cc1. The van der Waals surface area contributed by atoms with Crippen LogP contribution in [0.25, 0.3) is 0 Å². The predicted octanol–water partition coefficient (Wildman–Crippen LogP) is 5.78. The normalized spacial score (nSPS) is 13.4. The smallest absolute Gasteiger partial charge is 0.338 e. The molecular formula is C28H26N2O4S. The van der Waals surface area contributed by atoms with Gasteiger partial charge in [0.1, 0.15) is 10.6 Å². The van der Waals surface area contributed by atoms with Gasteiger partial charge in [0, 0.05) is 10.6 Å². The van der Waals surface area contributed by atoms with Crippen molar-refractivity contribution in [2.75, 3.05) is 16.8 Å². The van der Waals surface area contributed by atoms with Crippen molar-refractivity contribution in [3.05, 3.63) is 99.6 Å². The van der Waals surface area contributed by atoms with Gasteiger partial charge in [0.2, 0.25) is 0 Å². The van der Waals surface area contributed by atoms with Gasteiger partial charge in [-0.1, -0.05) is 47.2 Å². The van der Waals surface area contributed by atoms with Gasteiger partial charge in [0.15, 0.2) is 0 Å². The van der Waals surface area contributed by atoms with Crippen molar-refractivity contribution in [2.24, 2.45) is 0 Å². The number of nitrogens with one attached hydrogen (secondary N) is 1. The minimum Gasteiger partial charge on any atom is -0.462 e. The van der Waals surface area contributed by atoms with Crippen molar-refractivity contribution in [3.8, 4) is 0 Å². The van der Waals surface area contributed by atoms with Gasteiger partial charge in [-0.05, 0) is 75.7 Å². The van der Waals surface area contributed by atoms with Crippen molar-refractivity contribution >= 4 is 40.9 Å². The average Bonchev–Trinajstić information content (AvgIpc) is 3.06. The molecule has 0 spiro atoms. The minimum atomic E-state index is -0.455. The fourth-order valence-electron chi connectivity index (χ4n) is 3.72. The van der Waals surface area contributed by atoms with Gasteiger partial charge in [0.25, 0.3) is 11.8 Å². The summed E-state index contributed by atoms with van der Waals surface area (Å²) in [6, 6.07) is 19.9. The monoisotopic (exact) mass is 486 g/mol. The number of thioether (sulfide) groups is 1. The van der Waals surface area contributed by atoms with Crippen molar-refractivity contribution in [1.29, 1.82) is 0 Å². The Bertz CT molecular complexity index is 1330. The zero-order valence-electron chi connectivity index (χ0n) is 20.0. The number of carbonyl (C=O) groups excluding carboxylic acids is 3. The number of imide groups is 1. The highest BCUT2D eigenvalue weighted by Gasteiger charge is 2.40. The Morgan fingerprint density at radius 2 is 1.54 bits per heavy atom. The molecule has 0 aliphatic carbocycles. The number of rotatable bonds is 7. The maximum absolute atomic E-state index is 13.6. The van der Waals surface area contributed by atoms with Gasteiger partial charge in [-0.3, -0.25) is 9.59 Å². The number of nitrogens with zero attached hydrogens (tertiary/aromatic N) is 1. The van der Waals surface area contributed by atoms with Crippen LogP contribution in [0.1, 0.15) is 34.0 Å². The second-order valence-corrected chi connectivity index (χ2v) is 9.36. The molecule has 0 saturated heterocycles. The number of carbonyl (C=O) groups is 3. The first-order valence-electron chi connectivity index (χ1n) is 11.3. The van der Waals surface area contributed by atoms with E-state index in [1.807, 2.05) is 63.2 Å². The first kappa shape index (κ1) is 24.3. The summed E-state index contributed by atoms with van der Waals surface area (Å²) in [6.07, 6.45) is 0. The van der Waals surface area contributed by atoms with Gasteiger partial charge in [-0.2, -0.15) is 0 Å². The summed E-state index contributed by atoms with van der Waals surface area (Å²) < 4.78 is 5.02. The number of aryl methyl sites for hydroxylation is 3. The Hall–Kier alpha value is -3.84. The molecule has 0 bridgehead atoms. The molecule has 7 heteroatoms. The quantitative estimate of drug-likeness (QED) is 0.337. The van der Waals surface area contributed by atoms with Crippen LogP contribution in [-0.4, -0.2) is 24.4 Å². The van der Waals surface area contributed by atoms with Crippen molar-refractivity contribution < 1.29 is 19.1 Å². The highest BCUT2D eigenvalue weighted by Crippen LogP contribution is 2.38. The zero-order valence-corrected chi connectivity index (χ0v) is 20.9. The van der Waals surface area contributed by atoms with Crippen molar-refractivity contribution in [1.82, 2.24) is 0 Å². The van der Waals surface area contributed by atoms with Crippen LogP contribution in [0.5, 0.6) is 0 Å². The number of anilines is 2. The molecule has 35 heavy (non-hydrogen) atoms. The molecule has 1 heterocycles. The maximum atomic E-state index is 13.6. The molecule has 6 nitrogen and oxygen atoms in total. The lowest BCUT2D eigenvalue weighted by atomic mass is 10.1. The van der Waals surface area contributed by atoms with E-state index in [0.717, 1.165) is 32.2 Å². The van der Waals surface area contributed by atoms with E-state index in [1.54, 1.807) is 31.2 Å². The zero-order chi connectivity index (χ0) is 25.1. The molecule has 0 unspecified atom stereocenters. The molecule has 1 N–H and O–H groups in total. The Morgan fingerprint density at radius 3 is 2.17 bits per heavy atom. The second kappa shape index (κ2) is 10.2. The molecule has 1 aliphatic heterocycles. The van der Waals surface area contributed by atoms with E-state index in [-0.39, 0.29) is 12.3 Å². The van der Waals surface area contributed by atoms with E-state index in [4.69, 9.17) is 4.74 Å². The first-order chi connectivity index (χ1) is 16.8. The largest absolute Gasteiger partial charge is 0.462 e. The molecule has 2 amide bonds. The molecule has 3 aromatic carbocycles. The molecule has 0 saturated carbocycles.